The largest absolute Gasteiger partial charge is 0.371 e. The first-order valence-electron chi connectivity index (χ1n) is 6.99. The summed E-state index contributed by atoms with van der Waals surface area (Å²) in [6.45, 7) is 11.8. The summed E-state index contributed by atoms with van der Waals surface area (Å²) in [5.41, 5.74) is -0.00448. The van der Waals surface area contributed by atoms with Gasteiger partial charge in [-0.2, -0.15) is 0 Å². The van der Waals surface area contributed by atoms with Gasteiger partial charge in [-0.3, -0.25) is 4.79 Å². The smallest absolute Gasteiger partial charge is 0.236 e. The van der Waals surface area contributed by atoms with Crippen LogP contribution in [0.15, 0.2) is 0 Å². The number of carbonyl (C=O) groups is 1. The third-order valence-corrected chi connectivity index (χ3v) is 3.28. The minimum atomic E-state index is -0.156. The van der Waals surface area contributed by atoms with E-state index in [0.717, 1.165) is 25.9 Å². The number of hydrogen-bond acceptors (Lipinski definition) is 3. The van der Waals surface area contributed by atoms with Gasteiger partial charge >= 0.3 is 0 Å². The lowest BCUT2D eigenvalue weighted by atomic mass is 10.1. The van der Waals surface area contributed by atoms with Crippen molar-refractivity contribution < 1.29 is 9.53 Å². The van der Waals surface area contributed by atoms with E-state index in [2.05, 4.69) is 38.3 Å². The predicted octanol–water partition coefficient (Wildman–Crippen LogP) is 1.69. The van der Waals surface area contributed by atoms with E-state index >= 15 is 0 Å². The summed E-state index contributed by atoms with van der Waals surface area (Å²) in [4.78, 5) is 11.8. The first-order valence-corrected chi connectivity index (χ1v) is 6.99. The van der Waals surface area contributed by atoms with Crippen LogP contribution >= 0.6 is 0 Å². The average Bonchev–Trinajstić information content (AvgIpc) is 2.62. The number of ether oxygens (including phenoxy) is 1. The molecule has 0 saturated carbocycles. The second kappa shape index (κ2) is 6.53. The summed E-state index contributed by atoms with van der Waals surface area (Å²) in [5, 5.41) is 6.18. The zero-order valence-electron chi connectivity index (χ0n) is 12.4. The molecule has 0 aromatic carbocycles. The number of hydrogen-bond donors (Lipinski definition) is 2. The molecule has 1 rings (SSSR count). The Kier molecular flexibility index (Phi) is 5.60. The number of carbonyl (C=O) groups excluding carboxylic acids is 1. The van der Waals surface area contributed by atoms with Gasteiger partial charge < -0.3 is 15.4 Å². The van der Waals surface area contributed by atoms with Crippen LogP contribution in [-0.4, -0.2) is 36.7 Å². The van der Waals surface area contributed by atoms with Crippen molar-refractivity contribution in [1.29, 1.82) is 0 Å². The second-order valence-corrected chi connectivity index (χ2v) is 6.31. The Morgan fingerprint density at radius 3 is 2.56 bits per heavy atom. The summed E-state index contributed by atoms with van der Waals surface area (Å²) in [5.74, 6) is 0.557. The first kappa shape index (κ1) is 15.4. The summed E-state index contributed by atoms with van der Waals surface area (Å²) >= 11 is 0. The van der Waals surface area contributed by atoms with E-state index in [0.29, 0.717) is 5.92 Å². The van der Waals surface area contributed by atoms with Crippen LogP contribution in [0.4, 0.5) is 0 Å². The molecule has 0 aromatic heterocycles. The molecule has 1 amide bonds. The Morgan fingerprint density at radius 2 is 2.06 bits per heavy atom. The molecule has 2 unspecified atom stereocenters. The fourth-order valence-electron chi connectivity index (χ4n) is 2.08. The molecule has 0 aromatic rings. The molecule has 2 N–H and O–H groups in total. The fraction of sp³-hybridized carbons (Fsp3) is 0.929. The van der Waals surface area contributed by atoms with Crippen LogP contribution < -0.4 is 10.6 Å². The van der Waals surface area contributed by atoms with Crippen LogP contribution in [0, 0.1) is 5.92 Å². The van der Waals surface area contributed by atoms with Crippen LogP contribution in [0.2, 0.25) is 0 Å². The minimum Gasteiger partial charge on any atom is -0.371 e. The Bertz CT molecular complexity index is 277. The molecule has 1 aliphatic heterocycles. The monoisotopic (exact) mass is 256 g/mol. The maximum atomic E-state index is 11.8. The lowest BCUT2D eigenvalue weighted by molar-refractivity contribution is -0.123. The molecule has 18 heavy (non-hydrogen) atoms. The summed E-state index contributed by atoms with van der Waals surface area (Å²) < 4.78 is 5.88. The molecule has 0 bridgehead atoms. The molecule has 0 aliphatic carbocycles. The van der Waals surface area contributed by atoms with E-state index in [4.69, 9.17) is 4.74 Å². The Balaban J connectivity index is 2.20. The molecule has 1 fully saturated rings. The summed E-state index contributed by atoms with van der Waals surface area (Å²) in [6.07, 6.45) is 2.40. The lowest BCUT2D eigenvalue weighted by Crippen LogP contribution is -2.45. The maximum absolute atomic E-state index is 11.8. The van der Waals surface area contributed by atoms with Crippen molar-refractivity contribution >= 4 is 5.91 Å². The van der Waals surface area contributed by atoms with Crippen molar-refractivity contribution in [3.63, 3.8) is 0 Å². The minimum absolute atomic E-state index is 0.00448. The van der Waals surface area contributed by atoms with Gasteiger partial charge in [0.1, 0.15) is 0 Å². The van der Waals surface area contributed by atoms with Crippen molar-refractivity contribution in [3.05, 3.63) is 0 Å². The molecule has 4 nitrogen and oxygen atoms in total. The van der Waals surface area contributed by atoms with Gasteiger partial charge in [0.2, 0.25) is 5.91 Å². The average molecular weight is 256 g/mol. The molecule has 1 aliphatic rings. The number of amides is 1. The highest BCUT2D eigenvalue weighted by molar-refractivity contribution is 5.81. The van der Waals surface area contributed by atoms with Crippen LogP contribution in [0.3, 0.4) is 0 Å². The van der Waals surface area contributed by atoms with Crippen LogP contribution in [0.25, 0.3) is 0 Å². The third-order valence-electron chi connectivity index (χ3n) is 3.28. The second-order valence-electron chi connectivity index (χ2n) is 6.31. The predicted molar refractivity (Wildman–Crippen MR) is 73.5 cm³/mol. The van der Waals surface area contributed by atoms with Crippen LogP contribution in [-0.2, 0) is 9.53 Å². The van der Waals surface area contributed by atoms with Crippen molar-refractivity contribution in [1.82, 2.24) is 10.6 Å². The first-order chi connectivity index (χ1) is 8.30. The highest BCUT2D eigenvalue weighted by atomic mass is 16.5. The lowest BCUT2D eigenvalue weighted by Gasteiger charge is -2.21. The molecule has 106 valence electrons. The van der Waals surface area contributed by atoms with E-state index in [1.807, 2.05) is 6.92 Å². The van der Waals surface area contributed by atoms with E-state index in [1.165, 1.54) is 0 Å². The van der Waals surface area contributed by atoms with Gasteiger partial charge in [-0.05, 0) is 39.5 Å². The normalized spacial score (nSPS) is 24.2. The van der Waals surface area contributed by atoms with E-state index in [-0.39, 0.29) is 23.7 Å². The Morgan fingerprint density at radius 1 is 1.39 bits per heavy atom. The molecule has 0 radical (unpaired) electrons. The molecule has 2 atom stereocenters. The molecular weight excluding hydrogens is 228 g/mol. The van der Waals surface area contributed by atoms with Crippen LogP contribution in [0.5, 0.6) is 0 Å². The standard InChI is InChI=1S/C14H28N2O2/c1-10(2)8-16-13(17)11(3)15-9-12-6-7-14(4,5)18-12/h10-12,15H,6-9H2,1-5H3,(H,16,17). The van der Waals surface area contributed by atoms with Crippen molar-refractivity contribution in [2.45, 2.75) is 65.2 Å². The van der Waals surface area contributed by atoms with Gasteiger partial charge in [-0.15, -0.1) is 0 Å². The van der Waals surface area contributed by atoms with Gasteiger partial charge in [0.05, 0.1) is 17.7 Å². The van der Waals surface area contributed by atoms with Crippen molar-refractivity contribution in [2.75, 3.05) is 13.1 Å². The van der Waals surface area contributed by atoms with E-state index in [1.54, 1.807) is 0 Å². The Labute approximate surface area is 111 Å². The number of rotatable bonds is 6. The van der Waals surface area contributed by atoms with E-state index in [9.17, 15) is 4.79 Å². The topological polar surface area (TPSA) is 50.4 Å². The van der Waals surface area contributed by atoms with Gasteiger partial charge in [-0.1, -0.05) is 13.8 Å². The van der Waals surface area contributed by atoms with E-state index < -0.39 is 0 Å². The van der Waals surface area contributed by atoms with Crippen molar-refractivity contribution in [2.24, 2.45) is 5.92 Å². The molecule has 4 heteroatoms. The van der Waals surface area contributed by atoms with Gasteiger partial charge in [0.15, 0.2) is 0 Å². The Hall–Kier alpha value is -0.610. The highest BCUT2D eigenvalue weighted by Crippen LogP contribution is 2.28. The van der Waals surface area contributed by atoms with Crippen LogP contribution in [0.1, 0.15) is 47.5 Å². The molecular formula is C14H28N2O2. The molecule has 1 saturated heterocycles. The SMILES string of the molecule is CC(C)CNC(=O)C(C)NCC1CCC(C)(C)O1. The summed E-state index contributed by atoms with van der Waals surface area (Å²) in [7, 11) is 0. The fourth-order valence-corrected chi connectivity index (χ4v) is 2.08. The zero-order chi connectivity index (χ0) is 13.8. The quantitative estimate of drug-likeness (QED) is 0.760. The third kappa shape index (κ3) is 5.36. The maximum Gasteiger partial charge on any atom is 0.236 e. The van der Waals surface area contributed by atoms with Gasteiger partial charge in [0, 0.05) is 13.1 Å². The van der Waals surface area contributed by atoms with Gasteiger partial charge in [0.25, 0.3) is 0 Å². The molecule has 1 heterocycles. The number of nitrogens with one attached hydrogen (secondary N) is 2. The summed E-state index contributed by atoms with van der Waals surface area (Å²) in [6, 6.07) is -0.156. The zero-order valence-corrected chi connectivity index (χ0v) is 12.4. The highest BCUT2D eigenvalue weighted by Gasteiger charge is 2.31. The molecule has 0 spiro atoms. The van der Waals surface area contributed by atoms with Crippen molar-refractivity contribution in [3.8, 4) is 0 Å². The van der Waals surface area contributed by atoms with Gasteiger partial charge in [-0.25, -0.2) is 0 Å².